The van der Waals surface area contributed by atoms with Crippen molar-refractivity contribution in [1.82, 2.24) is 9.97 Å². The van der Waals surface area contributed by atoms with Crippen LogP contribution in [0.1, 0.15) is 0 Å². The van der Waals surface area contributed by atoms with Gasteiger partial charge in [0.05, 0.1) is 28.2 Å². The average Bonchev–Trinajstić information content (AvgIpc) is 2.29. The molecule has 1 heterocycles. The number of hydrogen-bond acceptors (Lipinski definition) is 4. The smallest absolute Gasteiger partial charge is 0.247 e. The Labute approximate surface area is 107 Å². The first-order valence-electron chi connectivity index (χ1n) is 4.40. The lowest BCUT2D eigenvalue weighted by atomic mass is 10.3. The molecule has 0 aliphatic carbocycles. The molecule has 3 nitrogen and oxygen atoms in total. The van der Waals surface area contributed by atoms with E-state index in [0.29, 0.717) is 27.0 Å². The van der Waals surface area contributed by atoms with E-state index in [4.69, 9.17) is 27.9 Å². The number of benzene rings is 1. The molecule has 0 spiro atoms. The van der Waals surface area contributed by atoms with Crippen molar-refractivity contribution < 1.29 is 4.74 Å². The molecule has 84 valence electrons. The zero-order valence-electron chi connectivity index (χ0n) is 8.62. The molecule has 1 aromatic heterocycles. The van der Waals surface area contributed by atoms with Crippen LogP contribution in [-0.2, 0) is 0 Å². The number of thioether (sulfide) groups is 1. The van der Waals surface area contributed by atoms with Crippen LogP contribution in [0.3, 0.4) is 0 Å². The van der Waals surface area contributed by atoms with Crippen LogP contribution in [0.2, 0.25) is 10.0 Å². The second-order valence-electron chi connectivity index (χ2n) is 3.00. The molecular formula is C10H8Cl2N2OS. The molecule has 0 aliphatic heterocycles. The molecular weight excluding hydrogens is 267 g/mol. The zero-order valence-corrected chi connectivity index (χ0v) is 10.9. The molecule has 0 amide bonds. The monoisotopic (exact) mass is 274 g/mol. The van der Waals surface area contributed by atoms with Crippen LogP contribution in [0.25, 0.3) is 11.0 Å². The topological polar surface area (TPSA) is 35.0 Å². The fourth-order valence-corrected chi connectivity index (χ4v) is 2.09. The van der Waals surface area contributed by atoms with Gasteiger partial charge in [0.2, 0.25) is 5.88 Å². The van der Waals surface area contributed by atoms with Crippen molar-refractivity contribution in [3.63, 3.8) is 0 Å². The Bertz CT molecular complexity index is 499. The van der Waals surface area contributed by atoms with E-state index in [2.05, 4.69) is 9.97 Å². The van der Waals surface area contributed by atoms with E-state index in [1.54, 1.807) is 19.2 Å². The molecule has 0 unspecified atom stereocenters. The van der Waals surface area contributed by atoms with Gasteiger partial charge in [-0.15, -0.1) is 11.8 Å². The lowest BCUT2D eigenvalue weighted by Gasteiger charge is -2.06. The van der Waals surface area contributed by atoms with Crippen molar-refractivity contribution in [2.75, 3.05) is 13.4 Å². The maximum atomic E-state index is 5.92. The third-order valence-corrected chi connectivity index (χ3v) is 3.41. The highest BCUT2D eigenvalue weighted by Gasteiger charge is 2.10. The minimum absolute atomic E-state index is 0.461. The largest absolute Gasteiger partial charge is 0.479 e. The summed E-state index contributed by atoms with van der Waals surface area (Å²) in [4.78, 5) is 8.72. The van der Waals surface area contributed by atoms with Gasteiger partial charge in [-0.05, 0) is 18.4 Å². The maximum absolute atomic E-state index is 5.92. The summed E-state index contributed by atoms with van der Waals surface area (Å²) in [6.07, 6.45) is 1.91. The van der Waals surface area contributed by atoms with Crippen LogP contribution in [0.4, 0.5) is 0 Å². The number of nitrogens with zero attached hydrogens (tertiary/aromatic N) is 2. The fraction of sp³-hybridized carbons (Fsp3) is 0.200. The van der Waals surface area contributed by atoms with Gasteiger partial charge in [0, 0.05) is 0 Å². The third kappa shape index (κ3) is 2.05. The summed E-state index contributed by atoms with van der Waals surface area (Å²) in [5, 5.41) is 1.66. The van der Waals surface area contributed by atoms with E-state index >= 15 is 0 Å². The first kappa shape index (κ1) is 11.8. The molecule has 0 saturated carbocycles. The standard InChI is InChI=1S/C10H8Cl2N2OS/c1-15-9-10(16-2)14-8-4-6(12)5(11)3-7(8)13-9/h3-4H,1-2H3. The predicted molar refractivity (Wildman–Crippen MR) is 67.9 cm³/mol. The Hall–Kier alpha value is -0.710. The van der Waals surface area contributed by atoms with E-state index in [1.807, 2.05) is 6.26 Å². The van der Waals surface area contributed by atoms with Crippen molar-refractivity contribution >= 4 is 46.0 Å². The van der Waals surface area contributed by atoms with E-state index in [-0.39, 0.29) is 0 Å². The molecule has 2 aromatic rings. The van der Waals surface area contributed by atoms with Crippen LogP contribution in [0.15, 0.2) is 17.2 Å². The van der Waals surface area contributed by atoms with Gasteiger partial charge in [0.25, 0.3) is 0 Å². The van der Waals surface area contributed by atoms with Crippen molar-refractivity contribution in [3.05, 3.63) is 22.2 Å². The SMILES string of the molecule is COc1nc2cc(Cl)c(Cl)cc2nc1SC. The van der Waals surface area contributed by atoms with Crippen molar-refractivity contribution in [2.45, 2.75) is 5.03 Å². The van der Waals surface area contributed by atoms with Crippen LogP contribution in [-0.4, -0.2) is 23.3 Å². The van der Waals surface area contributed by atoms with Crippen LogP contribution in [0, 0.1) is 0 Å². The first-order valence-corrected chi connectivity index (χ1v) is 6.38. The molecule has 0 saturated heterocycles. The highest BCUT2D eigenvalue weighted by molar-refractivity contribution is 7.98. The second kappa shape index (κ2) is 4.65. The molecule has 6 heteroatoms. The van der Waals surface area contributed by atoms with Gasteiger partial charge >= 0.3 is 0 Å². The Morgan fingerprint density at radius 1 is 1.12 bits per heavy atom. The Balaban J connectivity index is 2.73. The highest BCUT2D eigenvalue weighted by atomic mass is 35.5. The van der Waals surface area contributed by atoms with Crippen molar-refractivity contribution in [2.24, 2.45) is 0 Å². The zero-order chi connectivity index (χ0) is 11.7. The van der Waals surface area contributed by atoms with Gasteiger partial charge in [0.15, 0.2) is 5.03 Å². The van der Waals surface area contributed by atoms with Gasteiger partial charge in [-0.2, -0.15) is 0 Å². The van der Waals surface area contributed by atoms with Crippen molar-refractivity contribution in [1.29, 1.82) is 0 Å². The second-order valence-corrected chi connectivity index (χ2v) is 4.61. The predicted octanol–water partition coefficient (Wildman–Crippen LogP) is 3.67. The number of fused-ring (bicyclic) bond motifs is 1. The van der Waals surface area contributed by atoms with Crippen LogP contribution >= 0.6 is 35.0 Å². The molecule has 16 heavy (non-hydrogen) atoms. The van der Waals surface area contributed by atoms with E-state index in [9.17, 15) is 0 Å². The molecule has 0 radical (unpaired) electrons. The summed E-state index contributed by atoms with van der Waals surface area (Å²) in [5.74, 6) is 0.499. The van der Waals surface area contributed by atoms with E-state index in [0.717, 1.165) is 5.03 Å². The van der Waals surface area contributed by atoms with Gasteiger partial charge in [-0.1, -0.05) is 23.2 Å². The minimum atomic E-state index is 0.461. The number of aromatic nitrogens is 2. The molecule has 0 fully saturated rings. The first-order chi connectivity index (χ1) is 7.65. The van der Waals surface area contributed by atoms with Crippen LogP contribution < -0.4 is 4.74 Å². The van der Waals surface area contributed by atoms with Gasteiger partial charge in [0.1, 0.15) is 0 Å². The lowest BCUT2D eigenvalue weighted by Crippen LogP contribution is -1.94. The molecule has 1 aromatic carbocycles. The summed E-state index contributed by atoms with van der Waals surface area (Å²) >= 11 is 13.3. The Morgan fingerprint density at radius 2 is 1.69 bits per heavy atom. The minimum Gasteiger partial charge on any atom is -0.479 e. The quantitative estimate of drug-likeness (QED) is 0.783. The fourth-order valence-electron chi connectivity index (χ4n) is 1.29. The third-order valence-electron chi connectivity index (χ3n) is 2.03. The molecule has 0 N–H and O–H groups in total. The number of hydrogen-bond donors (Lipinski definition) is 0. The van der Waals surface area contributed by atoms with Gasteiger partial charge in [-0.25, -0.2) is 9.97 Å². The summed E-state index contributed by atoms with van der Waals surface area (Å²) in [6.45, 7) is 0. The van der Waals surface area contributed by atoms with Crippen molar-refractivity contribution in [3.8, 4) is 5.88 Å². The molecule has 0 aliphatic rings. The molecule has 2 rings (SSSR count). The van der Waals surface area contributed by atoms with Gasteiger partial charge in [-0.3, -0.25) is 0 Å². The number of halogens is 2. The highest BCUT2D eigenvalue weighted by Crippen LogP contribution is 2.30. The van der Waals surface area contributed by atoms with Gasteiger partial charge < -0.3 is 4.74 Å². The number of ether oxygens (including phenoxy) is 1. The summed E-state index contributed by atoms with van der Waals surface area (Å²) in [7, 11) is 1.56. The van der Waals surface area contributed by atoms with E-state index in [1.165, 1.54) is 11.8 Å². The van der Waals surface area contributed by atoms with Crippen LogP contribution in [0.5, 0.6) is 5.88 Å². The summed E-state index contributed by atoms with van der Waals surface area (Å²) in [5.41, 5.74) is 1.38. The Kier molecular flexibility index (Phi) is 3.42. The molecule has 0 bridgehead atoms. The number of rotatable bonds is 2. The number of methoxy groups -OCH3 is 1. The molecule has 0 atom stereocenters. The average molecular weight is 275 g/mol. The Morgan fingerprint density at radius 3 is 2.19 bits per heavy atom. The maximum Gasteiger partial charge on any atom is 0.247 e. The lowest BCUT2D eigenvalue weighted by molar-refractivity contribution is 0.385. The normalized spacial score (nSPS) is 10.8. The van der Waals surface area contributed by atoms with E-state index < -0.39 is 0 Å². The summed E-state index contributed by atoms with van der Waals surface area (Å²) in [6, 6.07) is 3.38. The summed E-state index contributed by atoms with van der Waals surface area (Å²) < 4.78 is 5.14.